The van der Waals surface area contributed by atoms with E-state index in [0.29, 0.717) is 5.69 Å². The van der Waals surface area contributed by atoms with Gasteiger partial charge in [-0.2, -0.15) is 0 Å². The van der Waals surface area contributed by atoms with Gasteiger partial charge >= 0.3 is 0 Å². The number of para-hydroxylation sites is 1. The van der Waals surface area contributed by atoms with Crippen LogP contribution in [0.3, 0.4) is 0 Å². The maximum atomic E-state index is 12.4. The molecule has 0 aliphatic heterocycles. The third-order valence-corrected chi connectivity index (χ3v) is 4.96. The molecular weight excluding hydrogens is 312 g/mol. The minimum absolute atomic E-state index is 0.0146. The van der Waals surface area contributed by atoms with Crippen LogP contribution >= 0.6 is 0 Å². The SMILES string of the molecule is Cc1ccccc1N(CC(=O)NC(C(C)C)C(C)C)S(C)(=O)=O. The number of benzene rings is 1. The highest BCUT2D eigenvalue weighted by Gasteiger charge is 2.25. The smallest absolute Gasteiger partial charge is 0.241 e. The number of rotatable bonds is 7. The number of carbonyl (C=O) groups excluding carboxylic acids is 1. The third kappa shape index (κ3) is 5.53. The quantitative estimate of drug-likeness (QED) is 0.829. The van der Waals surface area contributed by atoms with E-state index in [0.717, 1.165) is 16.1 Å². The Morgan fingerprint density at radius 3 is 2.09 bits per heavy atom. The minimum Gasteiger partial charge on any atom is -0.351 e. The Morgan fingerprint density at radius 1 is 1.13 bits per heavy atom. The largest absolute Gasteiger partial charge is 0.351 e. The number of hydrogen-bond donors (Lipinski definition) is 1. The molecule has 1 N–H and O–H groups in total. The monoisotopic (exact) mass is 340 g/mol. The average molecular weight is 340 g/mol. The number of carbonyl (C=O) groups is 1. The van der Waals surface area contributed by atoms with Crippen molar-refractivity contribution in [3.63, 3.8) is 0 Å². The van der Waals surface area contributed by atoms with Crippen LogP contribution in [0.1, 0.15) is 33.3 Å². The second-order valence-electron chi connectivity index (χ2n) is 6.64. The molecular formula is C17H28N2O3S. The highest BCUT2D eigenvalue weighted by molar-refractivity contribution is 7.92. The molecule has 0 unspecified atom stereocenters. The third-order valence-electron chi connectivity index (χ3n) is 3.84. The van der Waals surface area contributed by atoms with Gasteiger partial charge in [-0.25, -0.2) is 8.42 Å². The van der Waals surface area contributed by atoms with Gasteiger partial charge in [-0.1, -0.05) is 45.9 Å². The van der Waals surface area contributed by atoms with Crippen LogP contribution in [0.15, 0.2) is 24.3 Å². The maximum Gasteiger partial charge on any atom is 0.241 e. The summed E-state index contributed by atoms with van der Waals surface area (Å²) in [5, 5.41) is 2.96. The van der Waals surface area contributed by atoms with Crippen LogP contribution in [0.2, 0.25) is 0 Å². The number of anilines is 1. The van der Waals surface area contributed by atoms with Gasteiger partial charge < -0.3 is 5.32 Å². The number of nitrogens with zero attached hydrogens (tertiary/aromatic N) is 1. The van der Waals surface area contributed by atoms with E-state index in [2.05, 4.69) is 5.32 Å². The first-order valence-electron chi connectivity index (χ1n) is 7.86. The number of amides is 1. The van der Waals surface area contributed by atoms with Crippen molar-refractivity contribution in [3.8, 4) is 0 Å². The van der Waals surface area contributed by atoms with E-state index in [1.807, 2.05) is 46.8 Å². The zero-order valence-corrected chi connectivity index (χ0v) is 15.6. The van der Waals surface area contributed by atoms with Gasteiger partial charge in [0.15, 0.2) is 0 Å². The van der Waals surface area contributed by atoms with Crippen molar-refractivity contribution >= 4 is 21.6 Å². The predicted octanol–water partition coefficient (Wildman–Crippen LogP) is 2.56. The Labute approximate surface area is 140 Å². The number of sulfonamides is 1. The fraction of sp³-hybridized carbons (Fsp3) is 0.588. The lowest BCUT2D eigenvalue weighted by molar-refractivity contribution is -0.121. The van der Waals surface area contributed by atoms with Crippen LogP contribution in [-0.4, -0.2) is 33.2 Å². The van der Waals surface area contributed by atoms with Crippen LogP contribution in [0.25, 0.3) is 0 Å². The van der Waals surface area contributed by atoms with Gasteiger partial charge in [0, 0.05) is 6.04 Å². The number of hydrogen-bond acceptors (Lipinski definition) is 3. The molecule has 0 bridgehead atoms. The molecule has 1 aromatic rings. The molecule has 23 heavy (non-hydrogen) atoms. The summed E-state index contributed by atoms with van der Waals surface area (Å²) in [7, 11) is -3.54. The lowest BCUT2D eigenvalue weighted by Gasteiger charge is -2.28. The van der Waals surface area contributed by atoms with E-state index in [1.165, 1.54) is 0 Å². The van der Waals surface area contributed by atoms with Gasteiger partial charge in [0.2, 0.25) is 15.9 Å². The lowest BCUT2D eigenvalue weighted by Crippen LogP contribution is -2.47. The van der Waals surface area contributed by atoms with Gasteiger partial charge in [-0.3, -0.25) is 9.10 Å². The molecule has 1 aromatic carbocycles. The van der Waals surface area contributed by atoms with Crippen molar-refractivity contribution in [3.05, 3.63) is 29.8 Å². The molecule has 1 amide bonds. The van der Waals surface area contributed by atoms with Crippen LogP contribution < -0.4 is 9.62 Å². The zero-order valence-electron chi connectivity index (χ0n) is 14.8. The molecule has 0 saturated carbocycles. The van der Waals surface area contributed by atoms with Crippen molar-refractivity contribution in [2.24, 2.45) is 11.8 Å². The first-order valence-corrected chi connectivity index (χ1v) is 9.71. The summed E-state index contributed by atoms with van der Waals surface area (Å²) in [6, 6.07) is 7.17. The van der Waals surface area contributed by atoms with E-state index < -0.39 is 10.0 Å². The Hall–Kier alpha value is -1.56. The molecule has 0 atom stereocenters. The van der Waals surface area contributed by atoms with Crippen molar-refractivity contribution in [2.75, 3.05) is 17.1 Å². The maximum absolute atomic E-state index is 12.4. The lowest BCUT2D eigenvalue weighted by atomic mass is 9.93. The molecule has 5 nitrogen and oxygen atoms in total. The molecule has 0 aliphatic carbocycles. The Balaban J connectivity index is 3.00. The molecule has 0 aromatic heterocycles. The summed E-state index contributed by atoms with van der Waals surface area (Å²) in [4.78, 5) is 12.4. The topological polar surface area (TPSA) is 66.5 Å². The normalized spacial score (nSPS) is 12.0. The summed E-state index contributed by atoms with van der Waals surface area (Å²) in [5.41, 5.74) is 1.35. The van der Waals surface area contributed by atoms with Crippen molar-refractivity contribution in [1.82, 2.24) is 5.32 Å². The predicted molar refractivity (Wildman–Crippen MR) is 95.0 cm³/mol. The summed E-state index contributed by atoms with van der Waals surface area (Å²) >= 11 is 0. The molecule has 0 saturated heterocycles. The van der Waals surface area contributed by atoms with E-state index in [1.54, 1.807) is 12.1 Å². The van der Waals surface area contributed by atoms with Crippen LogP contribution in [0.5, 0.6) is 0 Å². The van der Waals surface area contributed by atoms with Crippen LogP contribution in [0, 0.1) is 18.8 Å². The van der Waals surface area contributed by atoms with Gasteiger partial charge in [0.25, 0.3) is 0 Å². The van der Waals surface area contributed by atoms with Crippen LogP contribution in [-0.2, 0) is 14.8 Å². The molecule has 0 heterocycles. The van der Waals surface area contributed by atoms with Gasteiger partial charge in [0.05, 0.1) is 11.9 Å². The number of aryl methyl sites for hydroxylation is 1. The first-order chi connectivity index (χ1) is 10.5. The fourth-order valence-corrected chi connectivity index (χ4v) is 3.60. The molecule has 130 valence electrons. The summed E-state index contributed by atoms with van der Waals surface area (Å²) < 4.78 is 25.4. The minimum atomic E-state index is -3.54. The van der Waals surface area contributed by atoms with Crippen molar-refractivity contribution in [2.45, 2.75) is 40.7 Å². The van der Waals surface area contributed by atoms with Crippen LogP contribution in [0.4, 0.5) is 5.69 Å². The number of nitrogens with one attached hydrogen (secondary N) is 1. The van der Waals surface area contributed by atoms with Gasteiger partial charge in [-0.05, 0) is 30.4 Å². The van der Waals surface area contributed by atoms with Gasteiger partial charge in [0.1, 0.15) is 6.54 Å². The summed E-state index contributed by atoms with van der Waals surface area (Å²) in [5.74, 6) is 0.277. The summed E-state index contributed by atoms with van der Waals surface area (Å²) in [6.07, 6.45) is 1.12. The standard InChI is InChI=1S/C17H28N2O3S/c1-12(2)17(13(3)4)18-16(20)11-19(23(6,21)22)15-10-8-7-9-14(15)5/h7-10,12-13,17H,11H2,1-6H3,(H,18,20). The molecule has 0 spiro atoms. The molecule has 1 rings (SSSR count). The van der Waals surface area contributed by atoms with Gasteiger partial charge in [-0.15, -0.1) is 0 Å². The average Bonchev–Trinajstić information content (AvgIpc) is 2.41. The molecule has 0 aliphatic rings. The van der Waals surface area contributed by atoms with E-state index in [-0.39, 0.29) is 30.3 Å². The fourth-order valence-electron chi connectivity index (χ4n) is 2.69. The Kier molecular flexibility index (Phi) is 6.62. The molecule has 0 radical (unpaired) electrons. The van der Waals surface area contributed by atoms with Crippen molar-refractivity contribution < 1.29 is 13.2 Å². The van der Waals surface area contributed by atoms with E-state index in [4.69, 9.17) is 0 Å². The first kappa shape index (κ1) is 19.5. The second-order valence-corrected chi connectivity index (χ2v) is 8.54. The zero-order chi connectivity index (χ0) is 17.8. The highest BCUT2D eigenvalue weighted by Crippen LogP contribution is 2.22. The molecule has 6 heteroatoms. The van der Waals surface area contributed by atoms with E-state index in [9.17, 15) is 13.2 Å². The van der Waals surface area contributed by atoms with Crippen molar-refractivity contribution in [1.29, 1.82) is 0 Å². The Bertz CT molecular complexity index is 631. The molecule has 0 fully saturated rings. The van der Waals surface area contributed by atoms with E-state index >= 15 is 0 Å². The Morgan fingerprint density at radius 2 is 1.65 bits per heavy atom. The highest BCUT2D eigenvalue weighted by atomic mass is 32.2. The summed E-state index contributed by atoms with van der Waals surface area (Å²) in [6.45, 7) is 9.79. The second kappa shape index (κ2) is 7.81.